The third kappa shape index (κ3) is 43.2. The van der Waals surface area contributed by atoms with Crippen LogP contribution in [0.25, 0.3) is 0 Å². The van der Waals surface area contributed by atoms with Gasteiger partial charge in [-0.15, -0.1) is 0 Å². The molecule has 0 saturated carbocycles. The molecular formula is C52H82O6. The molecular weight excluding hydrogens is 721 g/mol. The number of rotatable bonds is 39. The van der Waals surface area contributed by atoms with E-state index < -0.39 is 6.10 Å². The Morgan fingerprint density at radius 2 is 0.672 bits per heavy atom. The standard InChI is InChI=1S/C52H82O6/c1-4-7-10-13-16-19-22-25-26-28-30-33-36-39-42-45-51(54)57-48-49(47-56-50(53)44-41-38-35-32-29-24-21-18-15-12-9-6-3)58-52(55)46-43-40-37-34-31-27-23-20-17-14-11-8-5-2/h7-8,10-11,13-14,16-17,19-20,22-23,25-28,30-31,49H,4-6,9,12,15,18,21,24,29,32-48H2,1-3H3/b10-7-,11-8-,16-13-,17-14-,22-19-,23-20-,26-25-,30-28-,31-27-. The Morgan fingerprint density at radius 1 is 0.362 bits per heavy atom. The lowest BCUT2D eigenvalue weighted by atomic mass is 10.0. The van der Waals surface area contributed by atoms with Crippen molar-refractivity contribution in [2.75, 3.05) is 13.2 Å². The highest BCUT2D eigenvalue weighted by Gasteiger charge is 2.19. The van der Waals surface area contributed by atoms with E-state index in [1.807, 2.05) is 85.1 Å². The van der Waals surface area contributed by atoms with E-state index in [1.165, 1.54) is 57.8 Å². The number of unbranched alkanes of at least 4 members (excludes halogenated alkanes) is 17. The molecule has 0 heterocycles. The lowest BCUT2D eigenvalue weighted by Gasteiger charge is -2.18. The Morgan fingerprint density at radius 3 is 1.05 bits per heavy atom. The van der Waals surface area contributed by atoms with E-state index in [2.05, 4.69) is 45.1 Å². The predicted octanol–water partition coefficient (Wildman–Crippen LogP) is 14.8. The first-order valence-corrected chi connectivity index (χ1v) is 23.0. The highest BCUT2D eigenvalue weighted by molar-refractivity contribution is 5.71. The molecule has 0 rings (SSSR count). The first kappa shape index (κ1) is 54.1. The van der Waals surface area contributed by atoms with Gasteiger partial charge in [-0.1, -0.05) is 214 Å². The summed E-state index contributed by atoms with van der Waals surface area (Å²) < 4.78 is 16.6. The average molecular weight is 803 g/mol. The highest BCUT2D eigenvalue weighted by atomic mass is 16.6. The molecule has 1 unspecified atom stereocenters. The second-order valence-corrected chi connectivity index (χ2v) is 14.8. The number of hydrogen-bond acceptors (Lipinski definition) is 6. The van der Waals surface area contributed by atoms with Crippen molar-refractivity contribution < 1.29 is 28.6 Å². The molecule has 0 saturated heterocycles. The van der Waals surface area contributed by atoms with Crippen LogP contribution in [0.2, 0.25) is 0 Å². The van der Waals surface area contributed by atoms with Crippen molar-refractivity contribution in [1.82, 2.24) is 0 Å². The number of allylic oxidation sites excluding steroid dienone is 18. The van der Waals surface area contributed by atoms with Gasteiger partial charge >= 0.3 is 17.9 Å². The molecule has 0 radical (unpaired) electrons. The van der Waals surface area contributed by atoms with Crippen LogP contribution in [0.3, 0.4) is 0 Å². The second-order valence-electron chi connectivity index (χ2n) is 14.8. The van der Waals surface area contributed by atoms with E-state index in [9.17, 15) is 14.4 Å². The summed E-state index contributed by atoms with van der Waals surface area (Å²) in [5.41, 5.74) is 0. The van der Waals surface area contributed by atoms with Gasteiger partial charge in [0.25, 0.3) is 0 Å². The quantitative estimate of drug-likeness (QED) is 0.0267. The van der Waals surface area contributed by atoms with Gasteiger partial charge in [0.15, 0.2) is 6.10 Å². The number of carbonyl (C=O) groups excluding carboxylic acids is 3. The summed E-state index contributed by atoms with van der Waals surface area (Å²) in [6.45, 7) is 6.25. The van der Waals surface area contributed by atoms with Gasteiger partial charge in [-0.2, -0.15) is 0 Å². The van der Waals surface area contributed by atoms with Crippen molar-refractivity contribution in [2.45, 2.75) is 187 Å². The van der Waals surface area contributed by atoms with Crippen molar-refractivity contribution in [3.63, 3.8) is 0 Å². The molecule has 0 bridgehead atoms. The molecule has 0 aromatic heterocycles. The lowest BCUT2D eigenvalue weighted by Crippen LogP contribution is -2.30. The third-order valence-electron chi connectivity index (χ3n) is 9.25. The summed E-state index contributed by atoms with van der Waals surface area (Å²) in [4.78, 5) is 37.8. The summed E-state index contributed by atoms with van der Waals surface area (Å²) in [5.74, 6) is -1.00. The fourth-order valence-corrected chi connectivity index (χ4v) is 5.82. The van der Waals surface area contributed by atoms with Gasteiger partial charge in [0.05, 0.1) is 0 Å². The zero-order valence-corrected chi connectivity index (χ0v) is 37.0. The second kappa shape index (κ2) is 45.8. The maximum Gasteiger partial charge on any atom is 0.306 e. The van der Waals surface area contributed by atoms with Crippen LogP contribution in [-0.4, -0.2) is 37.2 Å². The molecule has 6 nitrogen and oxygen atoms in total. The molecule has 0 spiro atoms. The van der Waals surface area contributed by atoms with Crippen LogP contribution in [-0.2, 0) is 28.6 Å². The minimum atomic E-state index is -0.814. The Kier molecular flexibility index (Phi) is 42.7. The van der Waals surface area contributed by atoms with Crippen LogP contribution in [0.5, 0.6) is 0 Å². The zero-order chi connectivity index (χ0) is 42.3. The summed E-state index contributed by atoms with van der Waals surface area (Å²) in [6.07, 6.45) is 60.7. The first-order chi connectivity index (χ1) is 28.5. The van der Waals surface area contributed by atoms with Gasteiger partial charge in [0.1, 0.15) is 13.2 Å². The van der Waals surface area contributed by atoms with E-state index in [1.54, 1.807) is 0 Å². The molecule has 0 N–H and O–H groups in total. The van der Waals surface area contributed by atoms with Crippen molar-refractivity contribution in [3.8, 4) is 0 Å². The maximum atomic E-state index is 12.7. The smallest absolute Gasteiger partial charge is 0.306 e. The summed E-state index contributed by atoms with van der Waals surface area (Å²) >= 11 is 0. The number of esters is 3. The maximum absolute atomic E-state index is 12.7. The number of hydrogen-bond donors (Lipinski definition) is 0. The van der Waals surface area contributed by atoms with E-state index >= 15 is 0 Å². The fourth-order valence-electron chi connectivity index (χ4n) is 5.82. The summed E-state index contributed by atoms with van der Waals surface area (Å²) in [5, 5.41) is 0. The lowest BCUT2D eigenvalue weighted by molar-refractivity contribution is -0.167. The van der Waals surface area contributed by atoms with E-state index in [-0.39, 0.29) is 37.5 Å². The van der Waals surface area contributed by atoms with Crippen LogP contribution in [0.15, 0.2) is 109 Å². The number of carbonyl (C=O) groups is 3. The third-order valence-corrected chi connectivity index (χ3v) is 9.25. The van der Waals surface area contributed by atoms with Crippen molar-refractivity contribution >= 4 is 17.9 Å². The van der Waals surface area contributed by atoms with Gasteiger partial charge in [-0.3, -0.25) is 14.4 Å². The predicted molar refractivity (Wildman–Crippen MR) is 247 cm³/mol. The van der Waals surface area contributed by atoms with Gasteiger partial charge in [-0.25, -0.2) is 0 Å². The molecule has 0 aromatic carbocycles. The Hall–Kier alpha value is -3.93. The van der Waals surface area contributed by atoms with Crippen molar-refractivity contribution in [2.24, 2.45) is 0 Å². The molecule has 0 aromatic rings. The van der Waals surface area contributed by atoms with Crippen LogP contribution in [0.1, 0.15) is 181 Å². The van der Waals surface area contributed by atoms with Crippen molar-refractivity contribution in [1.29, 1.82) is 0 Å². The van der Waals surface area contributed by atoms with Crippen LogP contribution in [0, 0.1) is 0 Å². The summed E-state index contributed by atoms with van der Waals surface area (Å²) in [7, 11) is 0. The Labute approximate surface area is 355 Å². The van der Waals surface area contributed by atoms with Gasteiger partial charge in [-0.05, 0) is 57.8 Å². The van der Waals surface area contributed by atoms with Crippen LogP contribution < -0.4 is 0 Å². The van der Waals surface area contributed by atoms with Crippen molar-refractivity contribution in [3.05, 3.63) is 109 Å². The highest BCUT2D eigenvalue weighted by Crippen LogP contribution is 2.14. The normalized spacial score (nSPS) is 13.1. The van der Waals surface area contributed by atoms with E-state index in [0.29, 0.717) is 19.3 Å². The minimum absolute atomic E-state index is 0.109. The average Bonchev–Trinajstić information content (AvgIpc) is 3.22. The number of ether oxygens (including phenoxy) is 3. The van der Waals surface area contributed by atoms with E-state index in [0.717, 1.165) is 77.0 Å². The Balaban J connectivity index is 4.55. The van der Waals surface area contributed by atoms with Crippen LogP contribution >= 0.6 is 0 Å². The van der Waals surface area contributed by atoms with E-state index in [4.69, 9.17) is 14.2 Å². The molecule has 1 atom stereocenters. The monoisotopic (exact) mass is 803 g/mol. The fraction of sp³-hybridized carbons (Fsp3) is 0.596. The minimum Gasteiger partial charge on any atom is -0.462 e. The molecule has 0 aliphatic rings. The largest absolute Gasteiger partial charge is 0.462 e. The topological polar surface area (TPSA) is 78.9 Å². The molecule has 58 heavy (non-hydrogen) atoms. The van der Waals surface area contributed by atoms with Gasteiger partial charge in [0, 0.05) is 19.3 Å². The molecule has 0 aliphatic heterocycles. The van der Waals surface area contributed by atoms with Crippen LogP contribution in [0.4, 0.5) is 0 Å². The van der Waals surface area contributed by atoms with Gasteiger partial charge in [0.2, 0.25) is 0 Å². The molecule has 326 valence electrons. The Bertz CT molecular complexity index is 1240. The zero-order valence-electron chi connectivity index (χ0n) is 37.0. The molecule has 0 amide bonds. The molecule has 0 aliphatic carbocycles. The molecule has 0 fully saturated rings. The molecule has 6 heteroatoms. The van der Waals surface area contributed by atoms with Gasteiger partial charge < -0.3 is 14.2 Å². The first-order valence-electron chi connectivity index (χ1n) is 23.0. The summed E-state index contributed by atoms with van der Waals surface area (Å²) in [6, 6.07) is 0. The SMILES string of the molecule is CC\C=C/C=C\C=C/C=C\C=C/CCCCCC(=O)OCC(COC(=O)CCCCCCCCCCCCCC)OC(=O)CCCCC\C=C/C=C\C=C/C=C\CC.